The average Bonchev–Trinajstić information content (AvgIpc) is 3.33. The molecule has 2 heterocycles. The van der Waals surface area contributed by atoms with Gasteiger partial charge in [-0.3, -0.25) is 9.36 Å². The van der Waals surface area contributed by atoms with Crippen molar-refractivity contribution in [3.05, 3.63) is 86.7 Å². The number of aryl methyl sites for hydroxylation is 1. The number of nitrogens with zero attached hydrogens (tertiary/aromatic N) is 4. The molecule has 2 aromatic carbocycles. The van der Waals surface area contributed by atoms with Crippen LogP contribution in [-0.4, -0.2) is 31.7 Å². The van der Waals surface area contributed by atoms with Crippen molar-refractivity contribution in [1.82, 2.24) is 19.3 Å². The predicted molar refractivity (Wildman–Crippen MR) is 126 cm³/mol. The van der Waals surface area contributed by atoms with Crippen molar-refractivity contribution in [3.8, 4) is 11.4 Å². The van der Waals surface area contributed by atoms with Crippen LogP contribution >= 0.6 is 23.1 Å². The van der Waals surface area contributed by atoms with Gasteiger partial charge in [-0.25, -0.2) is 0 Å². The number of aromatic nitrogens is 4. The first-order valence-electron chi connectivity index (χ1n) is 10.1. The molecule has 4 aromatic rings. The smallest absolute Gasteiger partial charge is 0.307 e. The molecule has 0 fully saturated rings. The number of thioether (sulfide) groups is 1. The van der Waals surface area contributed by atoms with Crippen LogP contribution in [-0.2, 0) is 13.0 Å². The molecular weight excluding hydrogens is 428 g/mol. The van der Waals surface area contributed by atoms with Gasteiger partial charge in [-0.2, -0.15) is 0 Å². The molecule has 2 aromatic heterocycles. The first-order chi connectivity index (χ1) is 15.2. The molecule has 0 unspecified atom stereocenters. The first-order valence-corrected chi connectivity index (χ1v) is 12.0. The lowest BCUT2D eigenvalue weighted by atomic mass is 10.1. The van der Waals surface area contributed by atoms with E-state index in [4.69, 9.17) is 4.74 Å². The Bertz CT molecular complexity index is 1180. The number of rotatable bonds is 9. The molecule has 0 amide bonds. The molecule has 0 spiro atoms. The Kier molecular flexibility index (Phi) is 6.89. The van der Waals surface area contributed by atoms with Crippen molar-refractivity contribution >= 4 is 23.1 Å². The quantitative estimate of drug-likeness (QED) is 0.348. The van der Waals surface area contributed by atoms with Gasteiger partial charge in [0.05, 0.1) is 6.61 Å². The number of hydrogen-bond donors (Lipinski definition) is 0. The summed E-state index contributed by atoms with van der Waals surface area (Å²) in [6.07, 6.45) is 0.685. The molecule has 8 heteroatoms. The summed E-state index contributed by atoms with van der Waals surface area (Å²) in [6.45, 7) is 5.21. The second-order valence-corrected chi connectivity index (χ2v) is 8.85. The summed E-state index contributed by atoms with van der Waals surface area (Å²) in [5.74, 6) is 2.45. The minimum absolute atomic E-state index is 0.0795. The number of ether oxygens (including phenoxy) is 1. The zero-order valence-corrected chi connectivity index (χ0v) is 19.2. The molecule has 0 aliphatic rings. The molecule has 0 bridgehead atoms. The lowest BCUT2D eigenvalue weighted by Crippen LogP contribution is -2.16. The maximum atomic E-state index is 12.0. The molecular formula is C23H24N4O2S2. The Morgan fingerprint density at radius 3 is 2.52 bits per heavy atom. The van der Waals surface area contributed by atoms with Gasteiger partial charge in [-0.05, 0) is 43.7 Å². The molecule has 0 aliphatic carbocycles. The maximum absolute atomic E-state index is 12.0. The topological polar surface area (TPSA) is 61.9 Å². The Morgan fingerprint density at radius 1 is 1.06 bits per heavy atom. The van der Waals surface area contributed by atoms with Crippen LogP contribution in [0.1, 0.15) is 24.0 Å². The third-order valence-corrected chi connectivity index (χ3v) is 6.62. The Labute approximate surface area is 189 Å². The summed E-state index contributed by atoms with van der Waals surface area (Å²) in [5, 5.41) is 11.7. The normalized spacial score (nSPS) is 11.0. The molecule has 31 heavy (non-hydrogen) atoms. The Morgan fingerprint density at radius 2 is 1.84 bits per heavy atom. The highest BCUT2D eigenvalue weighted by molar-refractivity contribution is 7.99. The van der Waals surface area contributed by atoms with Crippen LogP contribution in [0.25, 0.3) is 5.69 Å². The van der Waals surface area contributed by atoms with Crippen molar-refractivity contribution in [3.63, 3.8) is 0 Å². The minimum atomic E-state index is 0.0795. The minimum Gasteiger partial charge on any atom is -0.494 e. The molecule has 0 N–H and O–H groups in total. The zero-order valence-electron chi connectivity index (χ0n) is 17.5. The van der Waals surface area contributed by atoms with Crippen LogP contribution in [0.5, 0.6) is 5.75 Å². The average molecular weight is 453 g/mol. The highest BCUT2D eigenvalue weighted by Crippen LogP contribution is 2.25. The Balaban J connectivity index is 1.60. The summed E-state index contributed by atoms with van der Waals surface area (Å²) in [6, 6.07) is 18.2. The second-order valence-electron chi connectivity index (χ2n) is 6.97. The van der Waals surface area contributed by atoms with E-state index >= 15 is 0 Å². The van der Waals surface area contributed by atoms with E-state index in [-0.39, 0.29) is 4.87 Å². The van der Waals surface area contributed by atoms with Gasteiger partial charge in [0.15, 0.2) is 5.16 Å². The predicted octanol–water partition coefficient (Wildman–Crippen LogP) is 4.58. The van der Waals surface area contributed by atoms with Crippen molar-refractivity contribution in [2.24, 2.45) is 0 Å². The number of thiazole rings is 1. The number of hydrogen-bond acceptors (Lipinski definition) is 6. The second kappa shape index (κ2) is 9.98. The molecule has 0 aliphatic heterocycles. The summed E-state index contributed by atoms with van der Waals surface area (Å²) in [7, 11) is 0. The summed E-state index contributed by atoms with van der Waals surface area (Å²) in [5.41, 5.74) is 3.16. The maximum Gasteiger partial charge on any atom is 0.307 e. The van der Waals surface area contributed by atoms with E-state index in [0.717, 1.165) is 33.9 Å². The Hall–Kier alpha value is -2.84. The molecule has 0 saturated heterocycles. The highest BCUT2D eigenvalue weighted by Gasteiger charge is 2.15. The fraction of sp³-hybridized carbons (Fsp3) is 0.261. The van der Waals surface area contributed by atoms with Gasteiger partial charge in [-0.1, -0.05) is 53.4 Å². The lowest BCUT2D eigenvalue weighted by molar-refractivity contribution is 0.340. The van der Waals surface area contributed by atoms with Crippen molar-refractivity contribution in [1.29, 1.82) is 0 Å². The monoisotopic (exact) mass is 452 g/mol. The third-order valence-electron chi connectivity index (χ3n) is 4.83. The van der Waals surface area contributed by atoms with Crippen LogP contribution in [0.15, 0.2) is 69.9 Å². The molecule has 4 rings (SSSR count). The van der Waals surface area contributed by atoms with Crippen LogP contribution in [0.2, 0.25) is 0 Å². The van der Waals surface area contributed by atoms with Crippen LogP contribution in [0.3, 0.4) is 0 Å². The van der Waals surface area contributed by atoms with Gasteiger partial charge in [0.2, 0.25) is 0 Å². The van der Waals surface area contributed by atoms with Crippen LogP contribution in [0.4, 0.5) is 0 Å². The van der Waals surface area contributed by atoms with E-state index in [1.54, 1.807) is 16.3 Å². The van der Waals surface area contributed by atoms with Gasteiger partial charge in [0.1, 0.15) is 11.6 Å². The van der Waals surface area contributed by atoms with Crippen LogP contribution < -0.4 is 9.61 Å². The van der Waals surface area contributed by atoms with E-state index in [1.807, 2.05) is 61.7 Å². The van der Waals surface area contributed by atoms with Crippen molar-refractivity contribution in [2.45, 2.75) is 32.0 Å². The summed E-state index contributed by atoms with van der Waals surface area (Å²) in [4.78, 5) is 12.1. The van der Waals surface area contributed by atoms with E-state index in [2.05, 4.69) is 26.9 Å². The highest BCUT2D eigenvalue weighted by atomic mass is 32.2. The SMILES string of the molecule is CCOc1ccc(-n2c(Cc3ccccc3)nnc2SCCn2c(C)csc2=O)cc1. The van der Waals surface area contributed by atoms with E-state index < -0.39 is 0 Å². The standard InChI is InChI=1S/C23H24N4O2S2/c1-3-29-20-11-9-19(10-12-20)27-21(15-18-7-5-4-6-8-18)24-25-22(27)30-14-13-26-17(2)16-31-23(26)28/h4-12,16H,3,13-15H2,1-2H3. The van der Waals surface area contributed by atoms with Crippen LogP contribution in [0, 0.1) is 6.92 Å². The van der Waals surface area contributed by atoms with Gasteiger partial charge < -0.3 is 9.30 Å². The molecule has 160 valence electrons. The van der Waals surface area contributed by atoms with Crippen molar-refractivity contribution < 1.29 is 4.74 Å². The summed E-state index contributed by atoms with van der Waals surface area (Å²) >= 11 is 2.85. The third kappa shape index (κ3) is 5.08. The molecule has 0 saturated carbocycles. The van der Waals surface area contributed by atoms with E-state index in [1.165, 1.54) is 16.9 Å². The first kappa shape index (κ1) is 21.4. The van der Waals surface area contributed by atoms with Gasteiger partial charge in [0.25, 0.3) is 0 Å². The summed E-state index contributed by atoms with van der Waals surface area (Å²) < 4.78 is 9.49. The largest absolute Gasteiger partial charge is 0.494 e. The fourth-order valence-corrected chi connectivity index (χ4v) is 4.96. The molecule has 0 atom stereocenters. The van der Waals surface area contributed by atoms with E-state index in [0.29, 0.717) is 19.6 Å². The van der Waals surface area contributed by atoms with Gasteiger partial charge in [-0.15, -0.1) is 10.2 Å². The van der Waals surface area contributed by atoms with Crippen molar-refractivity contribution in [2.75, 3.05) is 12.4 Å². The molecule has 0 radical (unpaired) electrons. The lowest BCUT2D eigenvalue weighted by Gasteiger charge is -2.12. The zero-order chi connectivity index (χ0) is 21.6. The van der Waals surface area contributed by atoms with E-state index in [9.17, 15) is 4.79 Å². The van der Waals surface area contributed by atoms with Gasteiger partial charge >= 0.3 is 4.87 Å². The van der Waals surface area contributed by atoms with Gasteiger partial charge in [0, 0.05) is 35.5 Å². The molecule has 6 nitrogen and oxygen atoms in total. The number of benzene rings is 2. The fourth-order valence-electron chi connectivity index (χ4n) is 3.31.